The van der Waals surface area contributed by atoms with Gasteiger partial charge in [-0.3, -0.25) is 9.59 Å². The van der Waals surface area contributed by atoms with E-state index in [1.54, 1.807) is 24.6 Å². The molecule has 4 rings (SSSR count). The molecule has 1 fully saturated rings. The number of nitrogens with one attached hydrogen (secondary N) is 2. The molecule has 1 aliphatic heterocycles. The van der Waals surface area contributed by atoms with Crippen molar-refractivity contribution in [3.05, 3.63) is 59.3 Å². The van der Waals surface area contributed by atoms with E-state index < -0.39 is 0 Å². The second-order valence-electron chi connectivity index (χ2n) is 6.81. The first-order valence-electron chi connectivity index (χ1n) is 9.03. The number of nitrogens with zero attached hydrogens (tertiary/aromatic N) is 1. The summed E-state index contributed by atoms with van der Waals surface area (Å²) in [5.41, 5.74) is 2.29. The van der Waals surface area contributed by atoms with E-state index in [4.69, 9.17) is 4.74 Å². The fourth-order valence-corrected chi connectivity index (χ4v) is 3.37. The molecule has 0 aromatic carbocycles. The molecule has 0 atom stereocenters. The van der Waals surface area contributed by atoms with Gasteiger partial charge in [0, 0.05) is 12.7 Å². The number of hydrogen-bond donors (Lipinski definition) is 2. The van der Waals surface area contributed by atoms with E-state index in [0.717, 1.165) is 24.8 Å². The van der Waals surface area contributed by atoms with E-state index in [2.05, 4.69) is 15.6 Å². The molecule has 2 amide bonds. The summed E-state index contributed by atoms with van der Waals surface area (Å²) in [6.45, 7) is 0.659. The molecule has 0 radical (unpaired) electrons. The van der Waals surface area contributed by atoms with Gasteiger partial charge < -0.3 is 15.4 Å². The second kappa shape index (κ2) is 7.15. The zero-order valence-electron chi connectivity index (χ0n) is 14.5. The van der Waals surface area contributed by atoms with Gasteiger partial charge >= 0.3 is 0 Å². The standard InChI is InChI=1S/C20H21N3O3/c24-19(15-9-8-14-6-3-11-26-18(14)15)23-16-7-2-10-21-17(16)20(25)22-12-13-4-1-5-13/h2-3,6-7,10-11,13H,1,4-5,8-9,12H2,(H,22,25)(H,23,24). The van der Waals surface area contributed by atoms with Crippen LogP contribution in [0.2, 0.25) is 0 Å². The number of amides is 2. The van der Waals surface area contributed by atoms with Crippen LogP contribution in [0.3, 0.4) is 0 Å². The summed E-state index contributed by atoms with van der Waals surface area (Å²) in [6.07, 6.45) is 11.9. The van der Waals surface area contributed by atoms with Crippen molar-refractivity contribution in [2.24, 2.45) is 5.92 Å². The van der Waals surface area contributed by atoms with Gasteiger partial charge in [-0.1, -0.05) is 12.5 Å². The number of fused-ring (bicyclic) bond motifs is 1. The minimum absolute atomic E-state index is 0.240. The highest BCUT2D eigenvalue weighted by Crippen LogP contribution is 2.35. The Kier molecular flexibility index (Phi) is 4.56. The van der Waals surface area contributed by atoms with Gasteiger partial charge in [-0.05, 0) is 55.4 Å². The number of carbonyl (C=O) groups is 2. The van der Waals surface area contributed by atoms with Crippen molar-refractivity contribution in [2.45, 2.75) is 32.1 Å². The third-order valence-corrected chi connectivity index (χ3v) is 5.09. The highest BCUT2D eigenvalue weighted by Gasteiger charge is 2.28. The first-order valence-corrected chi connectivity index (χ1v) is 9.03. The average Bonchev–Trinajstić information content (AvgIpc) is 3.05. The van der Waals surface area contributed by atoms with Crippen LogP contribution in [0, 0.1) is 5.92 Å². The Bertz CT molecular complexity index is 834. The Balaban J connectivity index is 1.48. The highest BCUT2D eigenvalue weighted by atomic mass is 16.5. The zero-order chi connectivity index (χ0) is 17.9. The lowest BCUT2D eigenvalue weighted by Crippen LogP contribution is -2.33. The molecule has 3 aliphatic rings. The molecule has 26 heavy (non-hydrogen) atoms. The van der Waals surface area contributed by atoms with E-state index in [1.165, 1.54) is 6.42 Å². The molecule has 134 valence electrons. The normalized spacial score (nSPS) is 18.5. The minimum Gasteiger partial charge on any atom is -0.464 e. The topological polar surface area (TPSA) is 80.3 Å². The number of hydrogen-bond acceptors (Lipinski definition) is 4. The van der Waals surface area contributed by atoms with Crippen molar-refractivity contribution >= 4 is 17.5 Å². The van der Waals surface area contributed by atoms with Crippen LogP contribution in [0.4, 0.5) is 5.69 Å². The van der Waals surface area contributed by atoms with E-state index in [1.807, 2.05) is 12.2 Å². The fraction of sp³-hybridized carbons (Fsp3) is 0.350. The Labute approximate surface area is 152 Å². The maximum Gasteiger partial charge on any atom is 0.272 e. The monoisotopic (exact) mass is 351 g/mol. The Hall–Kier alpha value is -2.89. The van der Waals surface area contributed by atoms with Gasteiger partial charge in [0.15, 0.2) is 5.69 Å². The molecule has 0 saturated heterocycles. The summed E-state index contributed by atoms with van der Waals surface area (Å²) in [5, 5.41) is 5.75. The van der Waals surface area contributed by atoms with Crippen molar-refractivity contribution < 1.29 is 14.3 Å². The van der Waals surface area contributed by atoms with Crippen LogP contribution in [0.5, 0.6) is 0 Å². The third kappa shape index (κ3) is 3.27. The quantitative estimate of drug-likeness (QED) is 0.854. The van der Waals surface area contributed by atoms with Crippen molar-refractivity contribution in [1.29, 1.82) is 0 Å². The summed E-state index contributed by atoms with van der Waals surface area (Å²) in [7, 11) is 0. The summed E-state index contributed by atoms with van der Waals surface area (Å²) in [5.74, 6) is 0.687. The van der Waals surface area contributed by atoms with E-state index in [9.17, 15) is 9.59 Å². The zero-order valence-corrected chi connectivity index (χ0v) is 14.5. The van der Waals surface area contributed by atoms with Gasteiger partial charge in [-0.2, -0.15) is 0 Å². The first-order chi connectivity index (χ1) is 12.7. The maximum absolute atomic E-state index is 12.7. The number of allylic oxidation sites excluding steroid dienone is 3. The van der Waals surface area contributed by atoms with Gasteiger partial charge in [-0.25, -0.2) is 4.98 Å². The highest BCUT2D eigenvalue weighted by molar-refractivity contribution is 6.08. The molecule has 1 aromatic rings. The number of carbonyl (C=O) groups excluding carboxylic acids is 2. The van der Waals surface area contributed by atoms with Crippen LogP contribution in [0.25, 0.3) is 0 Å². The SMILES string of the molecule is O=C(Nc1cccnc1C(=O)NCC1CCC1)C1=C2OC=CC=C2CC1. The molecular formula is C20H21N3O3. The van der Waals surface area contributed by atoms with Crippen molar-refractivity contribution in [2.75, 3.05) is 11.9 Å². The number of pyridine rings is 1. The number of rotatable bonds is 5. The smallest absolute Gasteiger partial charge is 0.272 e. The molecule has 1 aromatic heterocycles. The predicted octanol–water partition coefficient (Wildman–Crippen LogP) is 3.07. The summed E-state index contributed by atoms with van der Waals surface area (Å²) >= 11 is 0. The first kappa shape index (κ1) is 16.6. The number of anilines is 1. The lowest BCUT2D eigenvalue weighted by atomic mass is 9.85. The summed E-state index contributed by atoms with van der Waals surface area (Å²) < 4.78 is 5.51. The van der Waals surface area contributed by atoms with E-state index >= 15 is 0 Å². The van der Waals surface area contributed by atoms with Crippen LogP contribution >= 0.6 is 0 Å². The van der Waals surface area contributed by atoms with E-state index in [0.29, 0.717) is 35.9 Å². The van der Waals surface area contributed by atoms with Crippen molar-refractivity contribution in [1.82, 2.24) is 10.3 Å². The lowest BCUT2D eigenvalue weighted by molar-refractivity contribution is -0.113. The summed E-state index contributed by atoms with van der Waals surface area (Å²) in [6, 6.07) is 3.40. The Morgan fingerprint density at radius 2 is 2.12 bits per heavy atom. The van der Waals surface area contributed by atoms with Gasteiger partial charge in [0.1, 0.15) is 5.76 Å². The van der Waals surface area contributed by atoms with Crippen LogP contribution in [0.15, 0.2) is 53.6 Å². The van der Waals surface area contributed by atoms with Gasteiger partial charge in [-0.15, -0.1) is 0 Å². The van der Waals surface area contributed by atoms with Gasteiger partial charge in [0.2, 0.25) is 0 Å². The average molecular weight is 351 g/mol. The van der Waals surface area contributed by atoms with Gasteiger partial charge in [0.25, 0.3) is 11.8 Å². The maximum atomic E-state index is 12.7. The van der Waals surface area contributed by atoms with Gasteiger partial charge in [0.05, 0.1) is 17.5 Å². The fourth-order valence-electron chi connectivity index (χ4n) is 3.37. The molecule has 2 aliphatic carbocycles. The van der Waals surface area contributed by atoms with Crippen LogP contribution in [-0.4, -0.2) is 23.3 Å². The minimum atomic E-state index is -0.255. The molecule has 6 nitrogen and oxygen atoms in total. The second-order valence-corrected chi connectivity index (χ2v) is 6.81. The third-order valence-electron chi connectivity index (χ3n) is 5.09. The number of aromatic nitrogens is 1. The predicted molar refractivity (Wildman–Crippen MR) is 97.1 cm³/mol. The number of ether oxygens (including phenoxy) is 1. The van der Waals surface area contributed by atoms with Crippen LogP contribution < -0.4 is 10.6 Å². The molecular weight excluding hydrogens is 330 g/mol. The Morgan fingerprint density at radius 1 is 1.23 bits per heavy atom. The molecule has 2 heterocycles. The van der Waals surface area contributed by atoms with Crippen LogP contribution in [0.1, 0.15) is 42.6 Å². The lowest BCUT2D eigenvalue weighted by Gasteiger charge is -2.25. The largest absolute Gasteiger partial charge is 0.464 e. The molecule has 2 N–H and O–H groups in total. The molecule has 0 unspecified atom stereocenters. The summed E-state index contributed by atoms with van der Waals surface area (Å²) in [4.78, 5) is 29.3. The Morgan fingerprint density at radius 3 is 2.92 bits per heavy atom. The van der Waals surface area contributed by atoms with Crippen molar-refractivity contribution in [3.8, 4) is 0 Å². The molecule has 6 heteroatoms. The van der Waals surface area contributed by atoms with Crippen molar-refractivity contribution in [3.63, 3.8) is 0 Å². The molecule has 1 saturated carbocycles. The van der Waals surface area contributed by atoms with Crippen LogP contribution in [-0.2, 0) is 9.53 Å². The molecule has 0 bridgehead atoms. The van der Waals surface area contributed by atoms with E-state index in [-0.39, 0.29) is 17.5 Å². The molecule has 0 spiro atoms.